The molecule has 2 N–H and O–H groups in total. The Morgan fingerprint density at radius 1 is 1.09 bits per heavy atom. The number of alkyl halides is 3. The monoisotopic (exact) mass is 621 g/mol. The molecular weight excluding hydrogens is 583 g/mol. The maximum atomic E-state index is 12.7. The number of imidazole rings is 1. The predicted octanol–water partition coefficient (Wildman–Crippen LogP) is 6.23. The van der Waals surface area contributed by atoms with E-state index >= 15 is 0 Å². The van der Waals surface area contributed by atoms with Crippen molar-refractivity contribution in [1.29, 1.82) is 0 Å². The van der Waals surface area contributed by atoms with Crippen LogP contribution >= 0.6 is 0 Å². The molecule has 1 aliphatic heterocycles. The van der Waals surface area contributed by atoms with E-state index in [2.05, 4.69) is 46.1 Å². The van der Waals surface area contributed by atoms with Gasteiger partial charge in [-0.2, -0.15) is 13.2 Å². The smallest absolute Gasteiger partial charge is 0.490 e. The van der Waals surface area contributed by atoms with Crippen LogP contribution in [0.4, 0.5) is 13.2 Å². The van der Waals surface area contributed by atoms with E-state index in [1.807, 2.05) is 12.1 Å². The second kappa shape index (κ2) is 14.4. The minimum Gasteiger partial charge on any atom is -0.493 e. The minimum absolute atomic E-state index is 0.0376. The van der Waals surface area contributed by atoms with Crippen LogP contribution in [0.15, 0.2) is 66.1 Å². The van der Waals surface area contributed by atoms with E-state index in [0.717, 1.165) is 30.3 Å². The zero-order valence-corrected chi connectivity index (χ0v) is 24.9. The largest absolute Gasteiger partial charge is 0.493 e. The minimum atomic E-state index is -5.08. The Morgan fingerprint density at radius 2 is 1.79 bits per heavy atom. The molecule has 0 amide bonds. The van der Waals surface area contributed by atoms with Crippen molar-refractivity contribution in [2.75, 3.05) is 6.61 Å². The SMILES string of the molecule is Cn1cnc(S(=O)(=O)NCc2ccc3c(c2)C(Cc2ccccc2)C(CCCC2CCCC2)CO3)c1.O=C(O)C(F)(F)F. The molecule has 5 rings (SSSR count). The maximum Gasteiger partial charge on any atom is 0.490 e. The van der Waals surface area contributed by atoms with Gasteiger partial charge in [0.2, 0.25) is 0 Å². The number of hydrogen-bond acceptors (Lipinski definition) is 5. The number of aliphatic carboxylic acids is 1. The fourth-order valence-corrected chi connectivity index (χ4v) is 6.87. The van der Waals surface area contributed by atoms with E-state index in [0.29, 0.717) is 11.8 Å². The van der Waals surface area contributed by atoms with Crippen LogP contribution in [0.3, 0.4) is 0 Å². The van der Waals surface area contributed by atoms with Gasteiger partial charge in [0.05, 0.1) is 12.9 Å². The number of rotatable bonds is 10. The molecule has 0 bridgehead atoms. The molecule has 43 heavy (non-hydrogen) atoms. The van der Waals surface area contributed by atoms with Gasteiger partial charge in [-0.05, 0) is 47.4 Å². The number of hydrogen-bond donors (Lipinski definition) is 2. The van der Waals surface area contributed by atoms with E-state index in [4.69, 9.17) is 14.6 Å². The Hall–Kier alpha value is -3.38. The number of fused-ring (bicyclic) bond motifs is 1. The van der Waals surface area contributed by atoms with Crippen molar-refractivity contribution in [1.82, 2.24) is 14.3 Å². The second-order valence-corrected chi connectivity index (χ2v) is 13.0. The predicted molar refractivity (Wildman–Crippen MR) is 155 cm³/mol. The molecule has 2 aliphatic rings. The summed E-state index contributed by atoms with van der Waals surface area (Å²) in [6, 6.07) is 16.8. The molecule has 2 heterocycles. The van der Waals surface area contributed by atoms with E-state index in [1.165, 1.54) is 68.6 Å². The normalized spacial score (nSPS) is 18.8. The van der Waals surface area contributed by atoms with Gasteiger partial charge in [-0.15, -0.1) is 0 Å². The Labute approximate surface area is 250 Å². The first-order chi connectivity index (χ1) is 20.4. The van der Waals surface area contributed by atoms with Gasteiger partial charge in [0, 0.05) is 25.7 Å². The highest BCUT2D eigenvalue weighted by atomic mass is 32.2. The van der Waals surface area contributed by atoms with Crippen molar-refractivity contribution < 1.29 is 36.2 Å². The Bertz CT molecular complexity index is 1450. The molecule has 8 nitrogen and oxygen atoms in total. The number of sulfonamides is 1. The van der Waals surface area contributed by atoms with Crippen molar-refractivity contribution >= 4 is 16.0 Å². The summed E-state index contributed by atoms with van der Waals surface area (Å²) in [5.74, 6) is -0.105. The number of nitrogens with one attached hydrogen (secondary N) is 1. The molecule has 1 fully saturated rings. The lowest BCUT2D eigenvalue weighted by Gasteiger charge is -2.34. The highest BCUT2D eigenvalue weighted by Gasteiger charge is 2.38. The van der Waals surface area contributed by atoms with Gasteiger partial charge in [-0.25, -0.2) is 22.9 Å². The first-order valence-electron chi connectivity index (χ1n) is 14.5. The summed E-state index contributed by atoms with van der Waals surface area (Å²) >= 11 is 0. The van der Waals surface area contributed by atoms with Gasteiger partial charge in [0.1, 0.15) is 5.75 Å². The maximum absolute atomic E-state index is 12.7. The molecule has 0 spiro atoms. The molecule has 3 aromatic rings. The molecule has 2 unspecified atom stereocenters. The second-order valence-electron chi connectivity index (χ2n) is 11.3. The summed E-state index contributed by atoms with van der Waals surface area (Å²) in [7, 11) is -1.91. The topological polar surface area (TPSA) is 111 Å². The summed E-state index contributed by atoms with van der Waals surface area (Å²) in [6.07, 6.45) is 8.23. The summed E-state index contributed by atoms with van der Waals surface area (Å²) in [5, 5.41) is 7.16. The summed E-state index contributed by atoms with van der Waals surface area (Å²) in [4.78, 5) is 12.9. The van der Waals surface area contributed by atoms with Crippen LogP contribution in [0.2, 0.25) is 0 Å². The molecule has 1 saturated carbocycles. The molecule has 234 valence electrons. The van der Waals surface area contributed by atoms with Crippen molar-refractivity contribution in [3.8, 4) is 5.75 Å². The quantitative estimate of drug-likeness (QED) is 0.278. The van der Waals surface area contributed by atoms with Gasteiger partial charge in [0.15, 0.2) is 5.03 Å². The van der Waals surface area contributed by atoms with Gasteiger partial charge < -0.3 is 14.4 Å². The third-order valence-electron chi connectivity index (χ3n) is 8.12. The lowest BCUT2D eigenvalue weighted by molar-refractivity contribution is -0.192. The Morgan fingerprint density at radius 3 is 2.42 bits per heavy atom. The van der Waals surface area contributed by atoms with Gasteiger partial charge in [-0.3, -0.25) is 0 Å². The number of benzene rings is 2. The first-order valence-corrected chi connectivity index (χ1v) is 16.0. The lowest BCUT2D eigenvalue weighted by atomic mass is 9.77. The van der Waals surface area contributed by atoms with Crippen LogP contribution in [0, 0.1) is 11.8 Å². The highest BCUT2D eigenvalue weighted by molar-refractivity contribution is 7.89. The van der Waals surface area contributed by atoms with E-state index < -0.39 is 22.2 Å². The molecular formula is C31H38F3N3O5S. The number of carboxylic acid groups (broad SMARTS) is 1. The Balaban J connectivity index is 0.000000541. The third-order valence-corrected chi connectivity index (χ3v) is 9.41. The van der Waals surface area contributed by atoms with Crippen molar-refractivity contribution in [2.45, 2.75) is 75.0 Å². The first kappa shape index (κ1) is 32.5. The number of aromatic nitrogens is 2. The van der Waals surface area contributed by atoms with E-state index in [1.54, 1.807) is 11.6 Å². The van der Waals surface area contributed by atoms with Crippen LogP contribution in [-0.2, 0) is 34.8 Å². The van der Waals surface area contributed by atoms with Crippen LogP contribution in [0.1, 0.15) is 67.6 Å². The van der Waals surface area contributed by atoms with Crippen LogP contribution in [0.5, 0.6) is 5.75 Å². The number of nitrogens with zero attached hydrogens (tertiary/aromatic N) is 2. The standard InChI is InChI=1S/C29H37N3O3S.C2HF3O2/c1-32-19-29(30-21-32)36(33,34)31-18-24-14-15-28-27(17-24)26(16-23-10-3-2-4-11-23)25(20-35-28)13-7-12-22-8-5-6-9-22;3-2(4,5)1(6)7/h2-4,10-11,14-15,17,19,21-22,25-26,31H,5-9,12-13,16,18,20H2,1H3;(H,6,7). The molecule has 1 aliphatic carbocycles. The zero-order valence-electron chi connectivity index (χ0n) is 24.1. The number of carboxylic acids is 1. The van der Waals surface area contributed by atoms with E-state index in [-0.39, 0.29) is 11.6 Å². The molecule has 2 aromatic carbocycles. The van der Waals surface area contributed by atoms with Crippen molar-refractivity contribution in [3.63, 3.8) is 0 Å². The molecule has 1 aromatic heterocycles. The summed E-state index contributed by atoms with van der Waals surface area (Å²) in [6.45, 7) is 0.970. The summed E-state index contributed by atoms with van der Waals surface area (Å²) in [5.41, 5.74) is 3.46. The van der Waals surface area contributed by atoms with Crippen LogP contribution < -0.4 is 9.46 Å². The molecule has 0 saturated heterocycles. The van der Waals surface area contributed by atoms with Gasteiger partial charge >= 0.3 is 12.1 Å². The fraction of sp³-hybridized carbons (Fsp3) is 0.484. The molecule has 2 atom stereocenters. The lowest BCUT2D eigenvalue weighted by Crippen LogP contribution is -2.28. The van der Waals surface area contributed by atoms with Crippen LogP contribution in [0.25, 0.3) is 0 Å². The average Bonchev–Trinajstić information content (AvgIpc) is 3.66. The molecule has 0 radical (unpaired) electrons. The average molecular weight is 622 g/mol. The van der Waals surface area contributed by atoms with Gasteiger partial charge in [-0.1, -0.05) is 81.0 Å². The number of aryl methyl sites for hydroxylation is 1. The zero-order chi connectivity index (χ0) is 31.0. The van der Waals surface area contributed by atoms with Crippen molar-refractivity contribution in [3.05, 3.63) is 77.7 Å². The fourth-order valence-electron chi connectivity index (χ4n) is 5.87. The number of carbonyl (C=O) groups is 1. The van der Waals surface area contributed by atoms with E-state index in [9.17, 15) is 21.6 Å². The molecule has 12 heteroatoms. The van der Waals surface area contributed by atoms with Gasteiger partial charge in [0.25, 0.3) is 10.0 Å². The Kier molecular flexibility index (Phi) is 10.9. The number of ether oxygens (including phenoxy) is 1. The highest BCUT2D eigenvalue weighted by Crippen LogP contribution is 2.42. The number of halogens is 3. The van der Waals surface area contributed by atoms with Crippen LogP contribution in [-0.4, -0.2) is 41.8 Å². The van der Waals surface area contributed by atoms with Crippen molar-refractivity contribution in [2.24, 2.45) is 18.9 Å². The summed E-state index contributed by atoms with van der Waals surface area (Å²) < 4.78 is 67.7. The third kappa shape index (κ3) is 9.30.